The molecule has 0 aliphatic carbocycles. The summed E-state index contributed by atoms with van der Waals surface area (Å²) in [7, 11) is 0. The Morgan fingerprint density at radius 3 is 2.53 bits per heavy atom. The van der Waals surface area contributed by atoms with Gasteiger partial charge in [0, 0.05) is 12.0 Å². The molecule has 0 bridgehead atoms. The normalized spacial score (nSPS) is 10.0. The van der Waals surface area contributed by atoms with Crippen LogP contribution in [0.1, 0.15) is 34.1 Å². The van der Waals surface area contributed by atoms with Crippen LogP contribution in [-0.4, -0.2) is 25.2 Å². The van der Waals surface area contributed by atoms with E-state index in [1.165, 1.54) is 0 Å². The van der Waals surface area contributed by atoms with E-state index in [-0.39, 0.29) is 11.9 Å². The average Bonchev–Trinajstić information content (AvgIpc) is 2.09. The summed E-state index contributed by atoms with van der Waals surface area (Å²) in [6.45, 7) is 8.78. The van der Waals surface area contributed by atoms with E-state index >= 15 is 0 Å². The highest BCUT2D eigenvalue weighted by molar-refractivity contribution is 5.76. The summed E-state index contributed by atoms with van der Waals surface area (Å²) in [4.78, 5) is 11.2. The molecule has 0 aromatic heterocycles. The molecule has 0 saturated heterocycles. The third-order valence-electron chi connectivity index (χ3n) is 1.49. The number of nitrogens with one attached hydrogen (secondary N) is 1. The van der Waals surface area contributed by atoms with Gasteiger partial charge in [0.2, 0.25) is 5.91 Å². The average molecular weight is 211 g/mol. The lowest BCUT2D eigenvalue weighted by Crippen LogP contribution is -2.30. The van der Waals surface area contributed by atoms with Crippen molar-refractivity contribution in [1.82, 2.24) is 5.32 Å². The second kappa shape index (κ2) is 8.31. The van der Waals surface area contributed by atoms with Gasteiger partial charge in [-0.25, -0.2) is 0 Å². The molecule has 1 N–H and O–H groups in total. The Morgan fingerprint density at radius 1 is 1.33 bits per heavy atom. The Hall–Kier alpha value is -1.01. The van der Waals surface area contributed by atoms with Gasteiger partial charge in [-0.05, 0) is 13.8 Å². The van der Waals surface area contributed by atoms with Gasteiger partial charge in [-0.3, -0.25) is 4.79 Å². The lowest BCUT2D eigenvalue weighted by Gasteiger charge is -2.07. The molecule has 0 saturated carbocycles. The molecule has 0 atom stereocenters. The van der Waals surface area contributed by atoms with Crippen LogP contribution in [-0.2, 0) is 9.53 Å². The second-order valence-electron chi connectivity index (χ2n) is 4.00. The summed E-state index contributed by atoms with van der Waals surface area (Å²) >= 11 is 0. The summed E-state index contributed by atoms with van der Waals surface area (Å²) in [5, 5.41) is 2.80. The van der Waals surface area contributed by atoms with E-state index in [4.69, 9.17) is 4.74 Å². The Morgan fingerprint density at radius 2 is 2.00 bits per heavy atom. The van der Waals surface area contributed by atoms with Gasteiger partial charge in [-0.2, -0.15) is 0 Å². The minimum absolute atomic E-state index is 0.0295. The van der Waals surface area contributed by atoms with E-state index in [1.54, 1.807) is 0 Å². The van der Waals surface area contributed by atoms with Crippen molar-refractivity contribution >= 4 is 5.91 Å². The van der Waals surface area contributed by atoms with Crippen LogP contribution >= 0.6 is 0 Å². The van der Waals surface area contributed by atoms with Crippen LogP contribution in [0.15, 0.2) is 0 Å². The highest BCUT2D eigenvalue weighted by Gasteiger charge is 2.01. The zero-order valence-electron chi connectivity index (χ0n) is 10.1. The minimum atomic E-state index is 0.0295. The Balaban J connectivity index is 3.40. The highest BCUT2D eigenvalue weighted by Crippen LogP contribution is 1.87. The molecule has 15 heavy (non-hydrogen) atoms. The maximum absolute atomic E-state index is 11.2. The van der Waals surface area contributed by atoms with Crippen molar-refractivity contribution in [3.05, 3.63) is 0 Å². The summed E-state index contributed by atoms with van der Waals surface area (Å²) in [5.74, 6) is 6.29. The summed E-state index contributed by atoms with van der Waals surface area (Å²) in [6, 6.07) is 0.193. The first-order valence-electron chi connectivity index (χ1n) is 5.38. The van der Waals surface area contributed by atoms with Crippen LogP contribution < -0.4 is 5.32 Å². The molecule has 86 valence electrons. The number of rotatable bonds is 5. The van der Waals surface area contributed by atoms with E-state index in [0.29, 0.717) is 25.6 Å². The molecular formula is C12H21NO2. The fourth-order valence-electron chi connectivity index (χ4n) is 0.928. The lowest BCUT2D eigenvalue weighted by atomic mass is 10.2. The molecule has 0 aromatic carbocycles. The van der Waals surface area contributed by atoms with Crippen LogP contribution in [0, 0.1) is 17.8 Å². The fourth-order valence-corrected chi connectivity index (χ4v) is 0.928. The Kier molecular flexibility index (Phi) is 7.75. The van der Waals surface area contributed by atoms with Crippen molar-refractivity contribution in [3.8, 4) is 11.8 Å². The summed E-state index contributed by atoms with van der Waals surface area (Å²) < 4.78 is 5.20. The molecule has 0 unspecified atom stereocenters. The van der Waals surface area contributed by atoms with E-state index in [2.05, 4.69) is 17.2 Å². The molecule has 0 aliphatic rings. The predicted octanol–water partition coefficient (Wildman–Crippen LogP) is 1.58. The first kappa shape index (κ1) is 14.0. The molecule has 3 heteroatoms. The van der Waals surface area contributed by atoms with E-state index in [1.807, 2.05) is 27.7 Å². The number of hydrogen-bond donors (Lipinski definition) is 1. The van der Waals surface area contributed by atoms with Crippen molar-refractivity contribution in [2.75, 3.05) is 13.2 Å². The molecule has 0 radical (unpaired) electrons. The zero-order valence-corrected chi connectivity index (χ0v) is 10.1. The molecule has 0 aliphatic heterocycles. The lowest BCUT2D eigenvalue weighted by molar-refractivity contribution is -0.122. The smallest absolute Gasteiger partial charge is 0.222 e. The first-order valence-corrected chi connectivity index (χ1v) is 5.38. The molecule has 0 aromatic rings. The SMILES string of the molecule is CC(C)C#CCOCCC(=O)NC(C)C. The van der Waals surface area contributed by atoms with Gasteiger partial charge >= 0.3 is 0 Å². The Bertz CT molecular complexity index is 236. The number of ether oxygens (including phenoxy) is 1. The molecule has 1 amide bonds. The van der Waals surface area contributed by atoms with E-state index < -0.39 is 0 Å². The zero-order chi connectivity index (χ0) is 11.7. The standard InChI is InChI=1S/C12H21NO2/c1-10(2)6-5-8-15-9-7-12(14)13-11(3)4/h10-11H,7-9H2,1-4H3,(H,13,14). The largest absolute Gasteiger partial charge is 0.368 e. The Labute approximate surface area is 92.6 Å². The predicted molar refractivity (Wildman–Crippen MR) is 61.3 cm³/mol. The fraction of sp³-hybridized carbons (Fsp3) is 0.750. The van der Waals surface area contributed by atoms with Gasteiger partial charge in [0.05, 0.1) is 13.0 Å². The van der Waals surface area contributed by atoms with Crippen LogP contribution in [0.4, 0.5) is 0 Å². The van der Waals surface area contributed by atoms with Crippen LogP contribution in [0.25, 0.3) is 0 Å². The third kappa shape index (κ3) is 10.9. The molecule has 0 fully saturated rings. The van der Waals surface area contributed by atoms with Gasteiger partial charge in [0.1, 0.15) is 6.61 Å². The number of carbonyl (C=O) groups is 1. The van der Waals surface area contributed by atoms with Crippen molar-refractivity contribution in [2.45, 2.75) is 40.2 Å². The van der Waals surface area contributed by atoms with Crippen molar-refractivity contribution in [2.24, 2.45) is 5.92 Å². The topological polar surface area (TPSA) is 38.3 Å². The molecular weight excluding hydrogens is 190 g/mol. The van der Waals surface area contributed by atoms with Gasteiger partial charge in [0.25, 0.3) is 0 Å². The first-order chi connectivity index (χ1) is 7.02. The van der Waals surface area contributed by atoms with Crippen molar-refractivity contribution in [1.29, 1.82) is 0 Å². The van der Waals surface area contributed by atoms with Gasteiger partial charge in [0.15, 0.2) is 0 Å². The number of amides is 1. The summed E-state index contributed by atoms with van der Waals surface area (Å²) in [5.41, 5.74) is 0. The molecule has 0 spiro atoms. The summed E-state index contributed by atoms with van der Waals surface area (Å²) in [6.07, 6.45) is 0.404. The van der Waals surface area contributed by atoms with Gasteiger partial charge in [-0.15, -0.1) is 0 Å². The van der Waals surface area contributed by atoms with E-state index in [0.717, 1.165) is 0 Å². The number of hydrogen-bond acceptors (Lipinski definition) is 2. The van der Waals surface area contributed by atoms with Crippen molar-refractivity contribution in [3.63, 3.8) is 0 Å². The maximum Gasteiger partial charge on any atom is 0.222 e. The third-order valence-corrected chi connectivity index (χ3v) is 1.49. The van der Waals surface area contributed by atoms with Gasteiger partial charge in [-0.1, -0.05) is 25.7 Å². The number of carbonyl (C=O) groups excluding carboxylic acids is 1. The van der Waals surface area contributed by atoms with Crippen LogP contribution in [0.5, 0.6) is 0 Å². The molecule has 3 nitrogen and oxygen atoms in total. The van der Waals surface area contributed by atoms with E-state index in [9.17, 15) is 4.79 Å². The maximum atomic E-state index is 11.2. The minimum Gasteiger partial charge on any atom is -0.368 e. The quantitative estimate of drug-likeness (QED) is 0.554. The highest BCUT2D eigenvalue weighted by atomic mass is 16.5. The monoisotopic (exact) mass is 211 g/mol. The molecule has 0 heterocycles. The van der Waals surface area contributed by atoms with Crippen molar-refractivity contribution < 1.29 is 9.53 Å². The second-order valence-corrected chi connectivity index (χ2v) is 4.00. The molecule has 0 rings (SSSR count). The van der Waals surface area contributed by atoms with Gasteiger partial charge < -0.3 is 10.1 Å². The van der Waals surface area contributed by atoms with Crippen LogP contribution in [0.3, 0.4) is 0 Å². The van der Waals surface area contributed by atoms with Crippen LogP contribution in [0.2, 0.25) is 0 Å².